The summed E-state index contributed by atoms with van der Waals surface area (Å²) < 4.78 is 11.2. The Labute approximate surface area is 134 Å². The van der Waals surface area contributed by atoms with E-state index in [1.807, 2.05) is 54.6 Å². The topological polar surface area (TPSA) is 67.5 Å². The number of nitrogens with one attached hydrogen (secondary N) is 1. The Hall–Kier alpha value is -2.63. The zero-order valence-corrected chi connectivity index (χ0v) is 12.6. The summed E-state index contributed by atoms with van der Waals surface area (Å²) in [5, 5.41) is 8.64. The second kappa shape index (κ2) is 7.58. The second-order valence-electron chi connectivity index (χ2n) is 5.09. The van der Waals surface area contributed by atoms with Gasteiger partial charge in [-0.15, -0.1) is 0 Å². The van der Waals surface area contributed by atoms with E-state index in [2.05, 4.69) is 10.5 Å². The van der Waals surface area contributed by atoms with Crippen molar-refractivity contribution in [3.8, 4) is 17.2 Å². The van der Waals surface area contributed by atoms with Crippen molar-refractivity contribution in [3.05, 3.63) is 72.1 Å². The summed E-state index contributed by atoms with van der Waals surface area (Å²) in [6.07, 6.45) is 2.35. The molecule has 5 heteroatoms. The van der Waals surface area contributed by atoms with Crippen molar-refractivity contribution < 1.29 is 14.4 Å². The van der Waals surface area contributed by atoms with Crippen LogP contribution in [0.25, 0.3) is 11.5 Å². The first-order valence-corrected chi connectivity index (χ1v) is 7.43. The lowest BCUT2D eigenvalue weighted by Crippen LogP contribution is -2.06. The first kappa shape index (κ1) is 15.3. The van der Waals surface area contributed by atoms with E-state index in [4.69, 9.17) is 14.4 Å². The largest absolute Gasteiger partial charge is 0.493 e. The number of hydrogen-bond acceptors (Lipinski definition) is 5. The smallest absolute Gasteiger partial charge is 0.226 e. The van der Waals surface area contributed by atoms with Crippen LogP contribution in [0.3, 0.4) is 0 Å². The van der Waals surface area contributed by atoms with Gasteiger partial charge in [0.1, 0.15) is 12.0 Å². The van der Waals surface area contributed by atoms with E-state index in [1.54, 1.807) is 6.26 Å². The molecule has 0 aliphatic heterocycles. The molecule has 0 saturated carbocycles. The van der Waals surface area contributed by atoms with Crippen LogP contribution < -0.4 is 10.2 Å². The number of ether oxygens (including phenoxy) is 1. The van der Waals surface area contributed by atoms with Crippen molar-refractivity contribution in [2.24, 2.45) is 0 Å². The first-order valence-electron chi connectivity index (χ1n) is 7.43. The lowest BCUT2D eigenvalue weighted by molar-refractivity contribution is 0.161. The highest BCUT2D eigenvalue weighted by Crippen LogP contribution is 2.18. The fourth-order valence-electron chi connectivity index (χ4n) is 2.20. The Kier molecular flexibility index (Phi) is 5.03. The van der Waals surface area contributed by atoms with E-state index in [0.717, 1.165) is 22.6 Å². The molecular weight excluding hydrogens is 292 g/mol. The van der Waals surface area contributed by atoms with Crippen LogP contribution in [0.2, 0.25) is 0 Å². The molecule has 0 fully saturated rings. The molecule has 2 aromatic carbocycles. The van der Waals surface area contributed by atoms with Crippen molar-refractivity contribution in [1.82, 2.24) is 10.5 Å². The molecule has 0 saturated heterocycles. The SMILES string of the molecule is ONCc1ccc(OCCc2coc(-c3ccccc3)n2)cc1. The molecule has 0 bridgehead atoms. The maximum absolute atomic E-state index is 8.64. The summed E-state index contributed by atoms with van der Waals surface area (Å²) in [7, 11) is 0. The van der Waals surface area contributed by atoms with Crippen LogP contribution in [-0.2, 0) is 13.0 Å². The van der Waals surface area contributed by atoms with Crippen molar-refractivity contribution in [3.63, 3.8) is 0 Å². The van der Waals surface area contributed by atoms with E-state index in [1.165, 1.54) is 0 Å². The van der Waals surface area contributed by atoms with Crippen molar-refractivity contribution in [1.29, 1.82) is 0 Å². The van der Waals surface area contributed by atoms with Gasteiger partial charge in [0, 0.05) is 18.5 Å². The predicted molar refractivity (Wildman–Crippen MR) is 86.2 cm³/mol. The Morgan fingerprint density at radius 3 is 2.57 bits per heavy atom. The number of hydroxylamine groups is 1. The number of oxazole rings is 1. The van der Waals surface area contributed by atoms with Crippen molar-refractivity contribution in [2.45, 2.75) is 13.0 Å². The zero-order valence-electron chi connectivity index (χ0n) is 12.6. The Bertz CT molecular complexity index is 724. The fraction of sp³-hybridized carbons (Fsp3) is 0.167. The third kappa shape index (κ3) is 4.18. The maximum atomic E-state index is 8.64. The Balaban J connectivity index is 1.52. The minimum atomic E-state index is 0.418. The van der Waals surface area contributed by atoms with Gasteiger partial charge in [0.25, 0.3) is 0 Å². The van der Waals surface area contributed by atoms with Gasteiger partial charge in [-0.25, -0.2) is 10.5 Å². The van der Waals surface area contributed by atoms with Gasteiger partial charge in [0.05, 0.1) is 12.3 Å². The summed E-state index contributed by atoms with van der Waals surface area (Å²) >= 11 is 0. The van der Waals surface area contributed by atoms with Crippen molar-refractivity contribution >= 4 is 0 Å². The molecule has 0 spiro atoms. The number of hydrogen-bond donors (Lipinski definition) is 2. The fourth-order valence-corrected chi connectivity index (χ4v) is 2.20. The Morgan fingerprint density at radius 1 is 1.04 bits per heavy atom. The minimum absolute atomic E-state index is 0.418. The van der Waals surface area contributed by atoms with Gasteiger partial charge < -0.3 is 14.4 Å². The average molecular weight is 310 g/mol. The molecule has 118 valence electrons. The van der Waals surface area contributed by atoms with Gasteiger partial charge >= 0.3 is 0 Å². The van der Waals surface area contributed by atoms with Crippen LogP contribution in [0, 0.1) is 0 Å². The molecular formula is C18H18N2O3. The summed E-state index contributed by atoms with van der Waals surface area (Å²) in [6, 6.07) is 17.4. The van der Waals surface area contributed by atoms with Crippen LogP contribution in [0.5, 0.6) is 5.75 Å². The van der Waals surface area contributed by atoms with E-state index < -0.39 is 0 Å². The number of nitrogens with zero attached hydrogens (tertiary/aromatic N) is 1. The molecule has 2 N–H and O–H groups in total. The molecule has 0 radical (unpaired) electrons. The van der Waals surface area contributed by atoms with Gasteiger partial charge in [0.15, 0.2) is 0 Å². The monoisotopic (exact) mass is 310 g/mol. The summed E-state index contributed by atoms with van der Waals surface area (Å²) in [4.78, 5) is 4.47. The van der Waals surface area contributed by atoms with Crippen LogP contribution in [0.4, 0.5) is 0 Å². The third-order valence-corrected chi connectivity index (χ3v) is 3.41. The molecule has 0 aliphatic carbocycles. The normalized spacial score (nSPS) is 10.7. The van der Waals surface area contributed by atoms with Gasteiger partial charge in [-0.05, 0) is 29.8 Å². The highest BCUT2D eigenvalue weighted by Gasteiger charge is 2.06. The highest BCUT2D eigenvalue weighted by molar-refractivity contribution is 5.52. The van der Waals surface area contributed by atoms with E-state index in [9.17, 15) is 0 Å². The van der Waals surface area contributed by atoms with Gasteiger partial charge in [-0.1, -0.05) is 30.3 Å². The summed E-state index contributed by atoms with van der Waals surface area (Å²) in [5.41, 5.74) is 4.95. The quantitative estimate of drug-likeness (QED) is 0.654. The third-order valence-electron chi connectivity index (χ3n) is 3.41. The summed E-state index contributed by atoms with van der Waals surface area (Å²) in [6.45, 7) is 0.944. The lowest BCUT2D eigenvalue weighted by Gasteiger charge is -2.05. The average Bonchev–Trinajstić information content (AvgIpc) is 3.06. The zero-order chi connectivity index (χ0) is 15.9. The second-order valence-corrected chi connectivity index (χ2v) is 5.09. The summed E-state index contributed by atoms with van der Waals surface area (Å²) in [5.74, 6) is 1.42. The highest BCUT2D eigenvalue weighted by atomic mass is 16.5. The van der Waals surface area contributed by atoms with Gasteiger partial charge in [-0.3, -0.25) is 0 Å². The molecule has 0 amide bonds. The number of rotatable bonds is 7. The molecule has 0 aliphatic rings. The van der Waals surface area contributed by atoms with Crippen molar-refractivity contribution in [2.75, 3.05) is 6.61 Å². The van der Waals surface area contributed by atoms with Crippen LogP contribution in [0.1, 0.15) is 11.3 Å². The van der Waals surface area contributed by atoms with Crippen LogP contribution in [0.15, 0.2) is 65.3 Å². The molecule has 0 unspecified atom stereocenters. The molecule has 23 heavy (non-hydrogen) atoms. The minimum Gasteiger partial charge on any atom is -0.493 e. The van der Waals surface area contributed by atoms with Crippen LogP contribution in [-0.4, -0.2) is 16.8 Å². The van der Waals surface area contributed by atoms with E-state index in [-0.39, 0.29) is 0 Å². The predicted octanol–water partition coefficient (Wildman–Crippen LogP) is 3.44. The molecule has 1 aromatic heterocycles. The van der Waals surface area contributed by atoms with E-state index in [0.29, 0.717) is 25.5 Å². The van der Waals surface area contributed by atoms with Crippen LogP contribution >= 0.6 is 0 Å². The first-order chi connectivity index (χ1) is 11.3. The standard InChI is InChI=1S/C18H18N2O3/c21-19-12-14-6-8-17(9-7-14)22-11-10-16-13-23-18(20-16)15-4-2-1-3-5-15/h1-9,13,19,21H,10-12H2. The molecule has 3 rings (SSSR count). The van der Waals surface area contributed by atoms with Gasteiger partial charge in [-0.2, -0.15) is 0 Å². The number of benzene rings is 2. The molecule has 3 aromatic rings. The molecule has 0 atom stereocenters. The van der Waals surface area contributed by atoms with E-state index >= 15 is 0 Å². The lowest BCUT2D eigenvalue weighted by atomic mass is 10.2. The van der Waals surface area contributed by atoms with Gasteiger partial charge in [0.2, 0.25) is 5.89 Å². The Morgan fingerprint density at radius 2 is 1.83 bits per heavy atom. The molecule has 1 heterocycles. The maximum Gasteiger partial charge on any atom is 0.226 e. The molecule has 5 nitrogen and oxygen atoms in total. The number of aromatic nitrogens is 1.